The van der Waals surface area contributed by atoms with Gasteiger partial charge in [0, 0.05) is 12.2 Å². The van der Waals surface area contributed by atoms with Crippen molar-refractivity contribution in [2.75, 3.05) is 18.9 Å². The highest BCUT2D eigenvalue weighted by Crippen LogP contribution is 2.16. The molecule has 94 valence electrons. The van der Waals surface area contributed by atoms with Crippen molar-refractivity contribution < 1.29 is 4.74 Å². The maximum absolute atomic E-state index is 5.66. The molecule has 0 unspecified atom stereocenters. The SMILES string of the molecule is NCCOc1ccc(Cc2ccc(N)cc2)cc1. The lowest BCUT2D eigenvalue weighted by atomic mass is 10.0. The number of rotatable bonds is 5. The fourth-order valence-electron chi connectivity index (χ4n) is 1.75. The zero-order chi connectivity index (χ0) is 12.8. The molecule has 0 saturated heterocycles. The van der Waals surface area contributed by atoms with E-state index >= 15 is 0 Å². The standard InChI is InChI=1S/C15H18N2O/c16-9-10-18-15-7-3-13(4-8-15)11-12-1-5-14(17)6-2-12/h1-8H,9-11,16-17H2. The minimum atomic E-state index is 0.535. The third-order valence-corrected chi connectivity index (χ3v) is 2.70. The molecule has 2 rings (SSSR count). The number of ether oxygens (including phenoxy) is 1. The Labute approximate surface area is 107 Å². The molecule has 2 aromatic rings. The second kappa shape index (κ2) is 6.07. The highest BCUT2D eigenvalue weighted by molar-refractivity contribution is 5.41. The van der Waals surface area contributed by atoms with Gasteiger partial charge >= 0.3 is 0 Å². The van der Waals surface area contributed by atoms with Gasteiger partial charge in [-0.15, -0.1) is 0 Å². The van der Waals surface area contributed by atoms with Crippen molar-refractivity contribution in [2.45, 2.75) is 6.42 Å². The van der Waals surface area contributed by atoms with E-state index in [1.165, 1.54) is 11.1 Å². The third-order valence-electron chi connectivity index (χ3n) is 2.70. The fourth-order valence-corrected chi connectivity index (χ4v) is 1.75. The Morgan fingerprint density at radius 2 is 1.39 bits per heavy atom. The summed E-state index contributed by atoms with van der Waals surface area (Å²) < 4.78 is 5.43. The van der Waals surface area contributed by atoms with E-state index in [9.17, 15) is 0 Å². The van der Waals surface area contributed by atoms with E-state index in [0.29, 0.717) is 13.2 Å². The van der Waals surface area contributed by atoms with E-state index in [-0.39, 0.29) is 0 Å². The molecule has 0 aliphatic heterocycles. The van der Waals surface area contributed by atoms with Gasteiger partial charge in [0.25, 0.3) is 0 Å². The van der Waals surface area contributed by atoms with Crippen molar-refractivity contribution in [3.8, 4) is 5.75 Å². The molecule has 0 aromatic heterocycles. The van der Waals surface area contributed by atoms with Crippen LogP contribution in [0.1, 0.15) is 11.1 Å². The lowest BCUT2D eigenvalue weighted by molar-refractivity contribution is 0.328. The van der Waals surface area contributed by atoms with Crippen LogP contribution in [0.15, 0.2) is 48.5 Å². The van der Waals surface area contributed by atoms with E-state index in [2.05, 4.69) is 12.1 Å². The Bertz CT molecular complexity index is 477. The zero-order valence-corrected chi connectivity index (χ0v) is 10.3. The molecule has 0 heterocycles. The average Bonchev–Trinajstić information content (AvgIpc) is 2.41. The van der Waals surface area contributed by atoms with Gasteiger partial charge in [0.1, 0.15) is 12.4 Å². The fraction of sp³-hybridized carbons (Fsp3) is 0.200. The van der Waals surface area contributed by atoms with Crippen LogP contribution in [0.4, 0.5) is 5.69 Å². The summed E-state index contributed by atoms with van der Waals surface area (Å²) in [5.74, 6) is 0.863. The van der Waals surface area contributed by atoms with Crippen molar-refractivity contribution in [1.29, 1.82) is 0 Å². The molecule has 0 aliphatic carbocycles. The molecule has 0 saturated carbocycles. The number of nitrogen functional groups attached to an aromatic ring is 1. The van der Waals surface area contributed by atoms with Crippen LogP contribution < -0.4 is 16.2 Å². The number of hydrogen-bond acceptors (Lipinski definition) is 3. The maximum Gasteiger partial charge on any atom is 0.119 e. The molecule has 4 N–H and O–H groups in total. The van der Waals surface area contributed by atoms with Crippen LogP contribution >= 0.6 is 0 Å². The third kappa shape index (κ3) is 3.50. The maximum atomic E-state index is 5.66. The molecule has 0 radical (unpaired) electrons. The molecule has 0 amide bonds. The van der Waals surface area contributed by atoms with Gasteiger partial charge in [-0.3, -0.25) is 0 Å². The van der Waals surface area contributed by atoms with Crippen LogP contribution in [0.2, 0.25) is 0 Å². The smallest absolute Gasteiger partial charge is 0.119 e. The molecule has 0 bridgehead atoms. The van der Waals surface area contributed by atoms with E-state index in [1.807, 2.05) is 36.4 Å². The highest BCUT2D eigenvalue weighted by Gasteiger charge is 1.98. The molecule has 0 spiro atoms. The summed E-state index contributed by atoms with van der Waals surface area (Å²) in [5, 5.41) is 0. The van der Waals surface area contributed by atoms with Crippen LogP contribution in [0.3, 0.4) is 0 Å². The summed E-state index contributed by atoms with van der Waals surface area (Å²) in [6.45, 7) is 1.09. The van der Waals surface area contributed by atoms with Crippen LogP contribution in [0.5, 0.6) is 5.75 Å². The van der Waals surface area contributed by atoms with Gasteiger partial charge in [-0.1, -0.05) is 24.3 Å². The summed E-state index contributed by atoms with van der Waals surface area (Å²) in [6.07, 6.45) is 0.900. The first-order valence-corrected chi connectivity index (χ1v) is 6.04. The summed E-state index contributed by atoms with van der Waals surface area (Å²) in [5.41, 5.74) is 14.3. The molecule has 3 heteroatoms. The molecule has 0 fully saturated rings. The predicted molar refractivity (Wildman–Crippen MR) is 74.7 cm³/mol. The molecule has 18 heavy (non-hydrogen) atoms. The quantitative estimate of drug-likeness (QED) is 0.790. The van der Waals surface area contributed by atoms with Crippen LogP contribution in [-0.4, -0.2) is 13.2 Å². The van der Waals surface area contributed by atoms with Crippen molar-refractivity contribution in [1.82, 2.24) is 0 Å². The lowest BCUT2D eigenvalue weighted by Crippen LogP contribution is -2.10. The topological polar surface area (TPSA) is 61.3 Å². The summed E-state index contributed by atoms with van der Waals surface area (Å²) in [7, 11) is 0. The second-order valence-electron chi connectivity index (χ2n) is 4.20. The molecule has 0 aliphatic rings. The molecule has 2 aromatic carbocycles. The number of hydrogen-bond donors (Lipinski definition) is 2. The minimum Gasteiger partial charge on any atom is -0.492 e. The monoisotopic (exact) mass is 242 g/mol. The van der Waals surface area contributed by atoms with E-state index in [0.717, 1.165) is 17.9 Å². The number of benzene rings is 2. The van der Waals surface area contributed by atoms with Crippen molar-refractivity contribution >= 4 is 5.69 Å². The van der Waals surface area contributed by atoms with Crippen LogP contribution in [0, 0.1) is 0 Å². The zero-order valence-electron chi connectivity index (χ0n) is 10.3. The first kappa shape index (κ1) is 12.5. The van der Waals surface area contributed by atoms with E-state index in [1.54, 1.807) is 0 Å². The first-order valence-electron chi connectivity index (χ1n) is 6.04. The van der Waals surface area contributed by atoms with Gasteiger partial charge in [-0.2, -0.15) is 0 Å². The minimum absolute atomic E-state index is 0.535. The Balaban J connectivity index is 1.99. The van der Waals surface area contributed by atoms with Gasteiger partial charge < -0.3 is 16.2 Å². The van der Waals surface area contributed by atoms with Crippen molar-refractivity contribution in [3.05, 3.63) is 59.7 Å². The normalized spacial score (nSPS) is 10.3. The van der Waals surface area contributed by atoms with Crippen molar-refractivity contribution in [3.63, 3.8) is 0 Å². The van der Waals surface area contributed by atoms with Gasteiger partial charge in [0.05, 0.1) is 0 Å². The van der Waals surface area contributed by atoms with Gasteiger partial charge in [-0.25, -0.2) is 0 Å². The largest absolute Gasteiger partial charge is 0.492 e. The summed E-state index contributed by atoms with van der Waals surface area (Å²) in [6, 6.07) is 16.0. The Morgan fingerprint density at radius 1 is 0.833 bits per heavy atom. The summed E-state index contributed by atoms with van der Waals surface area (Å²) >= 11 is 0. The molecule has 3 nitrogen and oxygen atoms in total. The van der Waals surface area contributed by atoms with Crippen LogP contribution in [0.25, 0.3) is 0 Å². The van der Waals surface area contributed by atoms with Gasteiger partial charge in [-0.05, 0) is 41.8 Å². The molecule has 0 atom stereocenters. The van der Waals surface area contributed by atoms with E-state index < -0.39 is 0 Å². The van der Waals surface area contributed by atoms with Crippen molar-refractivity contribution in [2.24, 2.45) is 5.73 Å². The predicted octanol–water partition coefficient (Wildman–Crippen LogP) is 2.20. The lowest BCUT2D eigenvalue weighted by Gasteiger charge is -2.06. The highest BCUT2D eigenvalue weighted by atomic mass is 16.5. The van der Waals surface area contributed by atoms with Crippen LogP contribution in [-0.2, 0) is 6.42 Å². The number of nitrogens with two attached hydrogens (primary N) is 2. The summed E-state index contributed by atoms with van der Waals surface area (Å²) in [4.78, 5) is 0. The average molecular weight is 242 g/mol. The molecular weight excluding hydrogens is 224 g/mol. The molecular formula is C15H18N2O. The first-order chi connectivity index (χ1) is 8.78. The Hall–Kier alpha value is -2.00. The number of anilines is 1. The second-order valence-corrected chi connectivity index (χ2v) is 4.20. The van der Waals surface area contributed by atoms with Gasteiger partial charge in [0.15, 0.2) is 0 Å². The Morgan fingerprint density at radius 3 is 1.94 bits per heavy atom. The Kier molecular flexibility index (Phi) is 4.20. The van der Waals surface area contributed by atoms with E-state index in [4.69, 9.17) is 16.2 Å². The van der Waals surface area contributed by atoms with Gasteiger partial charge in [0.2, 0.25) is 0 Å².